The predicted octanol–water partition coefficient (Wildman–Crippen LogP) is 3.12. The minimum absolute atomic E-state index is 0.167. The Kier molecular flexibility index (Phi) is 6.20. The molecule has 2 aromatic carbocycles. The predicted molar refractivity (Wildman–Crippen MR) is 111 cm³/mol. The van der Waals surface area contributed by atoms with Crippen LogP contribution in [0.2, 0.25) is 0 Å². The first kappa shape index (κ1) is 20.6. The third-order valence-corrected chi connectivity index (χ3v) is 6.46. The maximum Gasteiger partial charge on any atom is 0.235 e. The maximum atomic E-state index is 12.5. The van der Waals surface area contributed by atoms with Gasteiger partial charge in [0, 0.05) is 6.54 Å². The smallest absolute Gasteiger partial charge is 0.235 e. The van der Waals surface area contributed by atoms with Crippen LogP contribution < -0.4 is 5.32 Å². The number of carbonyl (C=O) groups is 1. The van der Waals surface area contributed by atoms with Crippen molar-refractivity contribution in [3.8, 4) is 0 Å². The van der Waals surface area contributed by atoms with E-state index in [2.05, 4.69) is 23.5 Å². The molecular weight excluding hydrogens is 372 g/mol. The monoisotopic (exact) mass is 400 g/mol. The number of carbonyl (C=O) groups excluding carboxylic acids is 1. The van der Waals surface area contributed by atoms with Crippen molar-refractivity contribution in [1.29, 1.82) is 0 Å². The highest BCUT2D eigenvalue weighted by Crippen LogP contribution is 2.25. The van der Waals surface area contributed by atoms with Crippen LogP contribution in [0.1, 0.15) is 47.2 Å². The quantitative estimate of drug-likeness (QED) is 0.777. The van der Waals surface area contributed by atoms with Gasteiger partial charge in [-0.05, 0) is 55.4 Å². The fraction of sp³-hybridized carbons (Fsp3) is 0.409. The second-order valence-electron chi connectivity index (χ2n) is 7.69. The zero-order chi connectivity index (χ0) is 20.3. The van der Waals surface area contributed by atoms with E-state index in [-0.39, 0.29) is 25.0 Å². The lowest BCUT2D eigenvalue weighted by Crippen LogP contribution is -2.40. The summed E-state index contributed by atoms with van der Waals surface area (Å²) in [4.78, 5) is 12.5. The summed E-state index contributed by atoms with van der Waals surface area (Å²) in [6.07, 6.45) is 4.53. The number of sulfonamides is 1. The number of nitrogens with zero attached hydrogens (tertiary/aromatic N) is 1. The van der Waals surface area contributed by atoms with Crippen molar-refractivity contribution in [3.05, 3.63) is 70.3 Å². The molecule has 28 heavy (non-hydrogen) atoms. The van der Waals surface area contributed by atoms with Crippen LogP contribution in [0.15, 0.2) is 42.5 Å². The Morgan fingerprint density at radius 3 is 2.46 bits per heavy atom. The Bertz CT molecular complexity index is 952. The highest BCUT2D eigenvalue weighted by atomic mass is 32.2. The Balaban J connectivity index is 1.65. The summed E-state index contributed by atoms with van der Waals surface area (Å²) in [5.41, 5.74) is 5.77. The molecule has 6 heteroatoms. The summed E-state index contributed by atoms with van der Waals surface area (Å²) >= 11 is 0. The average Bonchev–Trinajstić information content (AvgIpc) is 3.09. The number of amides is 1. The topological polar surface area (TPSA) is 66.5 Å². The third kappa shape index (κ3) is 5.20. The summed E-state index contributed by atoms with van der Waals surface area (Å²) in [5, 5.41) is 2.94. The molecule has 1 aliphatic rings. The van der Waals surface area contributed by atoms with Crippen molar-refractivity contribution in [2.45, 2.75) is 45.7 Å². The maximum absolute atomic E-state index is 12.5. The minimum atomic E-state index is -3.50. The molecule has 0 saturated carbocycles. The fourth-order valence-electron chi connectivity index (χ4n) is 3.58. The van der Waals surface area contributed by atoms with Crippen molar-refractivity contribution in [2.75, 3.05) is 12.8 Å². The Hall–Kier alpha value is -2.18. The number of hydrogen-bond donors (Lipinski definition) is 1. The molecule has 2 aromatic rings. The van der Waals surface area contributed by atoms with E-state index in [1.807, 2.05) is 38.1 Å². The van der Waals surface area contributed by atoms with Gasteiger partial charge in [0.25, 0.3) is 0 Å². The van der Waals surface area contributed by atoms with Crippen molar-refractivity contribution >= 4 is 15.9 Å². The molecule has 0 spiro atoms. The van der Waals surface area contributed by atoms with Crippen LogP contribution in [0.25, 0.3) is 0 Å². The molecule has 150 valence electrons. The summed E-state index contributed by atoms with van der Waals surface area (Å²) in [7, 11) is -3.50. The first-order chi connectivity index (χ1) is 13.2. The summed E-state index contributed by atoms with van der Waals surface area (Å²) < 4.78 is 25.5. The summed E-state index contributed by atoms with van der Waals surface area (Å²) in [6.45, 7) is 3.90. The second kappa shape index (κ2) is 8.45. The Morgan fingerprint density at radius 2 is 1.79 bits per heavy atom. The molecule has 0 radical (unpaired) electrons. The van der Waals surface area contributed by atoms with Crippen LogP contribution in [-0.4, -0.2) is 31.4 Å². The molecule has 0 unspecified atom stereocenters. The molecule has 0 saturated heterocycles. The lowest BCUT2D eigenvalue weighted by atomic mass is 10.0. The highest BCUT2D eigenvalue weighted by molar-refractivity contribution is 7.88. The number of nitrogens with one attached hydrogen (secondary N) is 1. The molecule has 0 aromatic heterocycles. The molecule has 0 heterocycles. The van der Waals surface area contributed by atoms with Crippen molar-refractivity contribution < 1.29 is 13.2 Å². The van der Waals surface area contributed by atoms with Gasteiger partial charge >= 0.3 is 0 Å². The van der Waals surface area contributed by atoms with Gasteiger partial charge in [0.1, 0.15) is 0 Å². The van der Waals surface area contributed by atoms with Crippen LogP contribution in [0.5, 0.6) is 0 Å². The molecule has 1 atom stereocenters. The number of aryl methyl sites for hydroxylation is 3. The normalized spacial score (nSPS) is 14.7. The van der Waals surface area contributed by atoms with Crippen LogP contribution in [0.3, 0.4) is 0 Å². The first-order valence-electron chi connectivity index (χ1n) is 9.64. The van der Waals surface area contributed by atoms with E-state index < -0.39 is 10.0 Å². The Morgan fingerprint density at radius 1 is 1.11 bits per heavy atom. The lowest BCUT2D eigenvalue weighted by Gasteiger charge is -2.22. The lowest BCUT2D eigenvalue weighted by molar-refractivity contribution is -0.122. The largest absolute Gasteiger partial charge is 0.348 e. The van der Waals surface area contributed by atoms with Crippen LogP contribution >= 0.6 is 0 Å². The van der Waals surface area contributed by atoms with Crippen molar-refractivity contribution in [2.24, 2.45) is 0 Å². The number of rotatable bonds is 7. The molecule has 1 N–H and O–H groups in total. The van der Waals surface area contributed by atoms with Crippen LogP contribution in [-0.2, 0) is 34.2 Å². The first-order valence-corrected chi connectivity index (χ1v) is 11.5. The van der Waals surface area contributed by atoms with Gasteiger partial charge in [-0.1, -0.05) is 48.0 Å². The van der Waals surface area contributed by atoms with Gasteiger partial charge in [-0.15, -0.1) is 0 Å². The van der Waals surface area contributed by atoms with Crippen molar-refractivity contribution in [3.63, 3.8) is 0 Å². The van der Waals surface area contributed by atoms with Gasteiger partial charge in [-0.2, -0.15) is 4.31 Å². The number of benzene rings is 2. The fourth-order valence-corrected chi connectivity index (χ4v) is 4.31. The van der Waals surface area contributed by atoms with Crippen molar-refractivity contribution in [1.82, 2.24) is 9.62 Å². The van der Waals surface area contributed by atoms with Gasteiger partial charge in [0.2, 0.25) is 15.9 Å². The van der Waals surface area contributed by atoms with E-state index in [0.717, 1.165) is 35.8 Å². The number of hydrogen-bond acceptors (Lipinski definition) is 3. The zero-order valence-electron chi connectivity index (χ0n) is 16.7. The van der Waals surface area contributed by atoms with Gasteiger partial charge in [0.15, 0.2) is 0 Å². The molecule has 1 amide bonds. The molecule has 0 aliphatic heterocycles. The Labute approximate surface area is 167 Å². The van der Waals surface area contributed by atoms with Gasteiger partial charge < -0.3 is 5.32 Å². The third-order valence-electron chi connectivity index (χ3n) is 5.27. The zero-order valence-corrected chi connectivity index (χ0v) is 17.6. The standard InChI is InChI=1S/C22H28N2O3S/c1-16-7-9-18(10-8-16)14-24(28(3,26)27)15-22(25)23-17(2)20-12-11-19-5-4-6-21(19)13-20/h7-13,17H,4-6,14-15H2,1-3H3,(H,23,25)/t17-/m1/s1. The molecule has 0 fully saturated rings. The van der Waals surface area contributed by atoms with E-state index >= 15 is 0 Å². The molecular formula is C22H28N2O3S. The van der Waals surface area contributed by atoms with Gasteiger partial charge in [-0.3, -0.25) is 4.79 Å². The van der Waals surface area contributed by atoms with Gasteiger partial charge in [0.05, 0.1) is 18.8 Å². The SMILES string of the molecule is Cc1ccc(CN(CC(=O)N[C@H](C)c2ccc3c(c2)CCC3)S(C)(=O)=O)cc1. The van der Waals surface area contributed by atoms with E-state index in [1.165, 1.54) is 21.9 Å². The van der Waals surface area contributed by atoms with E-state index in [4.69, 9.17) is 0 Å². The van der Waals surface area contributed by atoms with Crippen LogP contribution in [0.4, 0.5) is 0 Å². The molecule has 0 bridgehead atoms. The van der Waals surface area contributed by atoms with E-state index in [9.17, 15) is 13.2 Å². The molecule has 1 aliphatic carbocycles. The number of fused-ring (bicyclic) bond motifs is 1. The minimum Gasteiger partial charge on any atom is -0.348 e. The highest BCUT2D eigenvalue weighted by Gasteiger charge is 2.22. The summed E-state index contributed by atoms with van der Waals surface area (Å²) in [5.74, 6) is -0.300. The van der Waals surface area contributed by atoms with E-state index in [1.54, 1.807) is 0 Å². The van der Waals surface area contributed by atoms with E-state index in [0.29, 0.717) is 0 Å². The second-order valence-corrected chi connectivity index (χ2v) is 9.67. The summed E-state index contributed by atoms with van der Waals surface area (Å²) in [6, 6.07) is 13.8. The molecule has 3 rings (SSSR count). The average molecular weight is 401 g/mol. The van der Waals surface area contributed by atoms with Gasteiger partial charge in [-0.25, -0.2) is 8.42 Å². The van der Waals surface area contributed by atoms with Crippen LogP contribution in [0, 0.1) is 6.92 Å². The molecule has 5 nitrogen and oxygen atoms in total.